The van der Waals surface area contributed by atoms with E-state index in [0.717, 1.165) is 11.1 Å². The van der Waals surface area contributed by atoms with Gasteiger partial charge in [-0.2, -0.15) is 0 Å². The lowest BCUT2D eigenvalue weighted by atomic mass is 9.74. The van der Waals surface area contributed by atoms with E-state index in [1.165, 1.54) is 48.5 Å². The fourth-order valence-corrected chi connectivity index (χ4v) is 6.77. The molecule has 0 fully saturated rings. The predicted octanol–water partition coefficient (Wildman–Crippen LogP) is 10.3. The van der Waals surface area contributed by atoms with Crippen molar-refractivity contribution in [2.24, 2.45) is 0 Å². The minimum atomic E-state index is -1.06. The molecule has 0 atom stereocenters. The Balaban J connectivity index is 1.65. The fourth-order valence-electron chi connectivity index (χ4n) is 6.77. The molecule has 10 nitrogen and oxygen atoms in total. The first-order valence-corrected chi connectivity index (χ1v) is 18.2. The summed E-state index contributed by atoms with van der Waals surface area (Å²) >= 11 is 0. The second-order valence-corrected chi connectivity index (χ2v) is 13.8. The van der Waals surface area contributed by atoms with Gasteiger partial charge in [-0.05, 0) is 120 Å². The summed E-state index contributed by atoms with van der Waals surface area (Å²) in [6, 6.07) is 34.1. The van der Waals surface area contributed by atoms with Gasteiger partial charge in [0.15, 0.2) is 0 Å². The van der Waals surface area contributed by atoms with E-state index in [-0.39, 0.29) is 22.3 Å². The average Bonchev–Trinajstić information content (AvgIpc) is 3.21. The second kappa shape index (κ2) is 16.3. The van der Waals surface area contributed by atoms with Gasteiger partial charge in [0.05, 0.1) is 35.5 Å². The highest BCUT2D eigenvalue weighted by atomic mass is 16.5. The van der Waals surface area contributed by atoms with Crippen molar-refractivity contribution in [1.82, 2.24) is 0 Å². The molecule has 0 radical (unpaired) electrons. The maximum atomic E-state index is 11.8. The zero-order valence-corrected chi connectivity index (χ0v) is 31.7. The molecule has 57 heavy (non-hydrogen) atoms. The first kappa shape index (κ1) is 39.5. The van der Waals surface area contributed by atoms with Crippen LogP contribution in [0.2, 0.25) is 0 Å². The molecule has 0 unspecified atom stereocenters. The molecule has 6 aromatic carbocycles. The maximum Gasteiger partial charge on any atom is 0.335 e. The normalized spacial score (nSPS) is 11.2. The molecule has 4 N–H and O–H groups in total. The predicted molar refractivity (Wildman–Crippen MR) is 217 cm³/mol. The van der Waals surface area contributed by atoms with E-state index in [0.29, 0.717) is 69.2 Å². The van der Waals surface area contributed by atoms with Crippen molar-refractivity contribution >= 4 is 23.9 Å². The van der Waals surface area contributed by atoms with Crippen LogP contribution in [-0.2, 0) is 5.41 Å². The van der Waals surface area contributed by atoms with E-state index in [1.807, 2.05) is 38.1 Å². The molecule has 0 saturated carbocycles. The zero-order chi connectivity index (χ0) is 41.0. The molecular weight excluding hydrogens is 725 g/mol. The SMILES string of the molecule is CCOc1c(-c2ccc(C(=O)O)cc2)cc(C(C)(C)c2cc(-c3ccc(C(=O)O)cc3)c(OCC)c(-c3ccc(C(=O)O)cc3)c2)cc1-c1ccc(C(=O)O)cc1. The summed E-state index contributed by atoms with van der Waals surface area (Å²) in [6.45, 7) is 8.47. The van der Waals surface area contributed by atoms with Crippen LogP contribution < -0.4 is 9.47 Å². The highest BCUT2D eigenvalue weighted by Crippen LogP contribution is 2.48. The minimum absolute atomic E-state index is 0.125. The number of rotatable bonds is 14. The van der Waals surface area contributed by atoms with E-state index < -0.39 is 29.3 Å². The van der Waals surface area contributed by atoms with Gasteiger partial charge in [0.25, 0.3) is 0 Å². The molecule has 0 saturated heterocycles. The van der Waals surface area contributed by atoms with Crippen LogP contribution >= 0.6 is 0 Å². The Morgan fingerprint density at radius 2 is 0.632 bits per heavy atom. The summed E-state index contributed by atoms with van der Waals surface area (Å²) in [5, 5.41) is 38.5. The number of aromatic carboxylic acids is 4. The Hall–Kier alpha value is -7.20. The Morgan fingerprint density at radius 3 is 0.807 bits per heavy atom. The number of carboxylic acid groups (broad SMARTS) is 4. The number of carboxylic acids is 4. The van der Waals surface area contributed by atoms with E-state index in [9.17, 15) is 39.6 Å². The van der Waals surface area contributed by atoms with Crippen LogP contribution in [-0.4, -0.2) is 57.5 Å². The van der Waals surface area contributed by atoms with Crippen molar-refractivity contribution in [3.8, 4) is 56.0 Å². The van der Waals surface area contributed by atoms with Crippen molar-refractivity contribution in [3.63, 3.8) is 0 Å². The van der Waals surface area contributed by atoms with Crippen molar-refractivity contribution in [2.75, 3.05) is 13.2 Å². The van der Waals surface area contributed by atoms with Crippen molar-refractivity contribution in [1.29, 1.82) is 0 Å². The lowest BCUT2D eigenvalue weighted by Gasteiger charge is -2.31. The molecular formula is C47H40O10. The highest BCUT2D eigenvalue weighted by Gasteiger charge is 2.30. The summed E-state index contributed by atoms with van der Waals surface area (Å²) in [7, 11) is 0. The summed E-state index contributed by atoms with van der Waals surface area (Å²) < 4.78 is 12.6. The van der Waals surface area contributed by atoms with E-state index in [2.05, 4.69) is 13.8 Å². The van der Waals surface area contributed by atoms with Gasteiger partial charge in [-0.25, -0.2) is 19.2 Å². The molecule has 6 rings (SSSR count). The Labute approximate surface area is 329 Å². The van der Waals surface area contributed by atoms with Gasteiger partial charge >= 0.3 is 23.9 Å². The molecule has 288 valence electrons. The average molecular weight is 765 g/mol. The summed E-state index contributed by atoms with van der Waals surface area (Å²) in [6.07, 6.45) is 0. The van der Waals surface area contributed by atoms with E-state index in [1.54, 1.807) is 48.5 Å². The van der Waals surface area contributed by atoms with Crippen molar-refractivity contribution < 1.29 is 49.1 Å². The van der Waals surface area contributed by atoms with Gasteiger partial charge in [0, 0.05) is 27.7 Å². The monoisotopic (exact) mass is 764 g/mol. The van der Waals surface area contributed by atoms with Gasteiger partial charge in [0.2, 0.25) is 0 Å². The Morgan fingerprint density at radius 1 is 0.421 bits per heavy atom. The standard InChI is InChI=1S/C47H40O10/c1-5-56-41-37(27-7-15-31(16-8-27)43(48)49)23-35(24-38(41)28-9-17-32(18-10-28)44(50)51)47(3,4)36-25-39(29-11-19-33(20-12-29)45(52)53)42(57-6-2)40(26-36)30-13-21-34(22-14-30)46(54)55/h7-26H,5-6H2,1-4H3,(H,48,49)(H,50,51)(H,52,53)(H,54,55). The summed E-state index contributed by atoms with van der Waals surface area (Å²) in [4.78, 5) is 47.1. The van der Waals surface area contributed by atoms with Crippen LogP contribution in [0.3, 0.4) is 0 Å². The molecule has 0 aromatic heterocycles. The topological polar surface area (TPSA) is 168 Å². The third kappa shape index (κ3) is 8.11. The molecule has 0 bridgehead atoms. The smallest absolute Gasteiger partial charge is 0.335 e. The van der Waals surface area contributed by atoms with Crippen LogP contribution in [0.4, 0.5) is 0 Å². The highest BCUT2D eigenvalue weighted by molar-refractivity contribution is 5.93. The number of hydrogen-bond acceptors (Lipinski definition) is 6. The quantitative estimate of drug-likeness (QED) is 0.0838. The van der Waals surface area contributed by atoms with Crippen LogP contribution in [0, 0.1) is 0 Å². The maximum absolute atomic E-state index is 11.8. The van der Waals surface area contributed by atoms with Gasteiger partial charge in [-0.1, -0.05) is 62.4 Å². The van der Waals surface area contributed by atoms with Crippen LogP contribution in [0.1, 0.15) is 80.3 Å². The van der Waals surface area contributed by atoms with Gasteiger partial charge in [-0.3, -0.25) is 0 Å². The molecule has 0 heterocycles. The van der Waals surface area contributed by atoms with Crippen LogP contribution in [0.5, 0.6) is 11.5 Å². The molecule has 10 heteroatoms. The van der Waals surface area contributed by atoms with Crippen molar-refractivity contribution in [2.45, 2.75) is 33.1 Å². The number of benzene rings is 6. The summed E-state index contributed by atoms with van der Waals surface area (Å²) in [5.74, 6) is -3.16. The lowest BCUT2D eigenvalue weighted by molar-refractivity contribution is 0.0686. The molecule has 0 aliphatic carbocycles. The number of ether oxygens (including phenoxy) is 2. The van der Waals surface area contributed by atoms with Gasteiger partial charge < -0.3 is 29.9 Å². The molecule has 0 amide bonds. The number of carbonyl (C=O) groups is 4. The van der Waals surface area contributed by atoms with Crippen LogP contribution in [0.15, 0.2) is 121 Å². The van der Waals surface area contributed by atoms with Gasteiger partial charge in [-0.15, -0.1) is 0 Å². The first-order chi connectivity index (χ1) is 27.2. The lowest BCUT2D eigenvalue weighted by Crippen LogP contribution is -2.20. The zero-order valence-electron chi connectivity index (χ0n) is 31.7. The van der Waals surface area contributed by atoms with Crippen LogP contribution in [0.25, 0.3) is 44.5 Å². The molecule has 0 spiro atoms. The molecule has 6 aromatic rings. The largest absolute Gasteiger partial charge is 0.493 e. The van der Waals surface area contributed by atoms with E-state index in [4.69, 9.17) is 9.47 Å². The molecule has 0 aliphatic rings. The Kier molecular flexibility index (Phi) is 11.3. The van der Waals surface area contributed by atoms with Crippen molar-refractivity contribution in [3.05, 3.63) is 155 Å². The second-order valence-electron chi connectivity index (χ2n) is 13.8. The summed E-state index contributed by atoms with van der Waals surface area (Å²) in [5.41, 5.74) is 6.97. The molecule has 0 aliphatic heterocycles. The third-order valence-electron chi connectivity index (χ3n) is 9.97. The fraction of sp³-hybridized carbons (Fsp3) is 0.149. The third-order valence-corrected chi connectivity index (χ3v) is 9.97. The first-order valence-electron chi connectivity index (χ1n) is 18.2. The Bertz CT molecular complexity index is 2150. The van der Waals surface area contributed by atoms with Gasteiger partial charge in [0.1, 0.15) is 11.5 Å². The van der Waals surface area contributed by atoms with E-state index >= 15 is 0 Å². The number of hydrogen-bond donors (Lipinski definition) is 4. The minimum Gasteiger partial charge on any atom is -0.493 e.